The van der Waals surface area contributed by atoms with Gasteiger partial charge in [0.1, 0.15) is 0 Å². The van der Waals surface area contributed by atoms with Crippen LogP contribution in [-0.2, 0) is 9.53 Å². The third-order valence-corrected chi connectivity index (χ3v) is 3.88. The molecular weight excluding hydrogens is 280 g/mol. The van der Waals surface area contributed by atoms with E-state index in [0.717, 1.165) is 52.4 Å². The molecule has 1 saturated heterocycles. The van der Waals surface area contributed by atoms with Crippen LogP contribution in [0, 0.1) is 0 Å². The topological polar surface area (TPSA) is 56.8 Å². The molecule has 0 aromatic carbocycles. The van der Waals surface area contributed by atoms with Crippen molar-refractivity contribution in [3.63, 3.8) is 0 Å². The maximum atomic E-state index is 12.1. The van der Waals surface area contributed by atoms with E-state index < -0.39 is 0 Å². The second kappa shape index (κ2) is 10.9. The Morgan fingerprint density at radius 3 is 2.23 bits per heavy atom. The van der Waals surface area contributed by atoms with E-state index in [1.54, 1.807) is 0 Å². The van der Waals surface area contributed by atoms with Crippen LogP contribution < -0.4 is 10.6 Å². The summed E-state index contributed by atoms with van der Waals surface area (Å²) in [7, 11) is 0. The highest BCUT2D eigenvalue weighted by Gasteiger charge is 2.21. The summed E-state index contributed by atoms with van der Waals surface area (Å²) in [5.41, 5.74) is 0. The van der Waals surface area contributed by atoms with Gasteiger partial charge in [0, 0.05) is 51.9 Å². The summed E-state index contributed by atoms with van der Waals surface area (Å²) in [6, 6.07) is 0.570. The zero-order valence-electron chi connectivity index (χ0n) is 14.7. The SMILES string of the molecule is CC(C)OCCNCCNCC(=O)N1CCN(C(C)C)CC1. The van der Waals surface area contributed by atoms with E-state index in [2.05, 4.69) is 29.4 Å². The molecule has 0 saturated carbocycles. The zero-order valence-corrected chi connectivity index (χ0v) is 14.7. The minimum absolute atomic E-state index is 0.214. The van der Waals surface area contributed by atoms with E-state index in [-0.39, 0.29) is 12.0 Å². The number of nitrogens with one attached hydrogen (secondary N) is 2. The van der Waals surface area contributed by atoms with Gasteiger partial charge in [0.05, 0.1) is 19.3 Å². The van der Waals surface area contributed by atoms with Crippen molar-refractivity contribution in [2.75, 3.05) is 59.0 Å². The van der Waals surface area contributed by atoms with Crippen molar-refractivity contribution >= 4 is 5.91 Å². The van der Waals surface area contributed by atoms with Crippen molar-refractivity contribution in [3.8, 4) is 0 Å². The number of amides is 1. The number of nitrogens with zero attached hydrogens (tertiary/aromatic N) is 2. The van der Waals surface area contributed by atoms with Gasteiger partial charge in [-0.25, -0.2) is 0 Å². The summed E-state index contributed by atoms with van der Waals surface area (Å²) in [6.07, 6.45) is 0.286. The summed E-state index contributed by atoms with van der Waals surface area (Å²) >= 11 is 0. The van der Waals surface area contributed by atoms with Gasteiger partial charge in [-0.2, -0.15) is 0 Å². The number of rotatable bonds is 10. The Morgan fingerprint density at radius 1 is 1.00 bits per heavy atom. The minimum Gasteiger partial charge on any atom is -0.377 e. The first-order valence-electron chi connectivity index (χ1n) is 8.55. The zero-order chi connectivity index (χ0) is 16.4. The predicted molar refractivity (Wildman–Crippen MR) is 90.1 cm³/mol. The van der Waals surface area contributed by atoms with E-state index in [1.165, 1.54) is 0 Å². The lowest BCUT2D eigenvalue weighted by molar-refractivity contribution is -0.132. The molecule has 0 spiro atoms. The molecule has 1 aliphatic rings. The smallest absolute Gasteiger partial charge is 0.236 e. The first-order chi connectivity index (χ1) is 10.5. The molecule has 0 aromatic heterocycles. The number of carbonyl (C=O) groups excluding carboxylic acids is 1. The molecule has 0 aliphatic carbocycles. The molecule has 1 fully saturated rings. The van der Waals surface area contributed by atoms with Crippen molar-refractivity contribution in [1.29, 1.82) is 0 Å². The van der Waals surface area contributed by atoms with Gasteiger partial charge in [0.15, 0.2) is 0 Å². The second-order valence-electron chi connectivity index (χ2n) is 6.36. The number of ether oxygens (including phenoxy) is 1. The minimum atomic E-state index is 0.214. The highest BCUT2D eigenvalue weighted by atomic mass is 16.5. The molecule has 0 atom stereocenters. The summed E-state index contributed by atoms with van der Waals surface area (Å²) in [4.78, 5) is 16.5. The largest absolute Gasteiger partial charge is 0.377 e. The number of carbonyl (C=O) groups is 1. The van der Waals surface area contributed by atoms with Crippen LogP contribution in [-0.4, -0.2) is 86.8 Å². The average molecular weight is 314 g/mol. The molecule has 1 heterocycles. The molecule has 130 valence electrons. The Kier molecular flexibility index (Phi) is 9.63. The number of piperazine rings is 1. The van der Waals surface area contributed by atoms with Gasteiger partial charge in [-0.05, 0) is 27.7 Å². The molecular formula is C16H34N4O2. The maximum Gasteiger partial charge on any atom is 0.236 e. The Morgan fingerprint density at radius 2 is 1.64 bits per heavy atom. The fraction of sp³-hybridized carbons (Fsp3) is 0.938. The second-order valence-corrected chi connectivity index (χ2v) is 6.36. The molecule has 0 bridgehead atoms. The standard InChI is InChI=1S/C16H34N4O2/c1-14(2)19-8-10-20(11-9-19)16(21)13-18-6-5-17-7-12-22-15(3)4/h14-15,17-18H,5-13H2,1-4H3. The van der Waals surface area contributed by atoms with Crippen LogP contribution in [0.2, 0.25) is 0 Å². The van der Waals surface area contributed by atoms with Gasteiger partial charge in [0.2, 0.25) is 5.91 Å². The quantitative estimate of drug-likeness (QED) is 0.562. The summed E-state index contributed by atoms with van der Waals surface area (Å²) in [6.45, 7) is 15.8. The molecule has 1 amide bonds. The van der Waals surface area contributed by atoms with E-state index in [4.69, 9.17) is 4.74 Å². The Hall–Kier alpha value is -0.690. The first-order valence-corrected chi connectivity index (χ1v) is 8.55. The highest BCUT2D eigenvalue weighted by Crippen LogP contribution is 2.05. The highest BCUT2D eigenvalue weighted by molar-refractivity contribution is 5.78. The first kappa shape index (κ1) is 19.4. The molecule has 0 unspecified atom stereocenters. The lowest BCUT2D eigenvalue weighted by Gasteiger charge is -2.37. The lowest BCUT2D eigenvalue weighted by atomic mass is 10.2. The third kappa shape index (κ3) is 8.08. The van der Waals surface area contributed by atoms with Gasteiger partial charge in [-0.3, -0.25) is 9.69 Å². The van der Waals surface area contributed by atoms with Gasteiger partial charge in [-0.15, -0.1) is 0 Å². The monoisotopic (exact) mass is 314 g/mol. The van der Waals surface area contributed by atoms with Crippen LogP contribution in [0.25, 0.3) is 0 Å². The van der Waals surface area contributed by atoms with Crippen molar-refractivity contribution in [2.24, 2.45) is 0 Å². The average Bonchev–Trinajstić information content (AvgIpc) is 2.49. The summed E-state index contributed by atoms with van der Waals surface area (Å²) in [5.74, 6) is 0.214. The number of hydrogen-bond acceptors (Lipinski definition) is 5. The molecule has 2 N–H and O–H groups in total. The molecule has 0 aromatic rings. The number of hydrogen-bond donors (Lipinski definition) is 2. The van der Waals surface area contributed by atoms with E-state index >= 15 is 0 Å². The van der Waals surface area contributed by atoms with Gasteiger partial charge in [-0.1, -0.05) is 0 Å². The lowest BCUT2D eigenvalue weighted by Crippen LogP contribution is -2.52. The van der Waals surface area contributed by atoms with Crippen LogP contribution in [0.3, 0.4) is 0 Å². The Bertz CT molecular complexity index is 303. The van der Waals surface area contributed by atoms with Crippen LogP contribution in [0.5, 0.6) is 0 Å². The van der Waals surface area contributed by atoms with Gasteiger partial charge >= 0.3 is 0 Å². The molecule has 1 aliphatic heterocycles. The Labute approximate surface area is 135 Å². The fourth-order valence-electron chi connectivity index (χ4n) is 2.46. The molecule has 6 nitrogen and oxygen atoms in total. The summed E-state index contributed by atoms with van der Waals surface area (Å²) < 4.78 is 5.44. The van der Waals surface area contributed by atoms with E-state index in [9.17, 15) is 4.79 Å². The van der Waals surface area contributed by atoms with Gasteiger partial charge < -0.3 is 20.3 Å². The third-order valence-electron chi connectivity index (χ3n) is 3.88. The predicted octanol–water partition coefficient (Wildman–Crippen LogP) is 0.143. The maximum absolute atomic E-state index is 12.1. The van der Waals surface area contributed by atoms with Crippen LogP contribution >= 0.6 is 0 Å². The van der Waals surface area contributed by atoms with Crippen LogP contribution in [0.4, 0.5) is 0 Å². The van der Waals surface area contributed by atoms with Crippen molar-refractivity contribution < 1.29 is 9.53 Å². The van der Waals surface area contributed by atoms with E-state index in [0.29, 0.717) is 12.6 Å². The molecule has 1 rings (SSSR count). The Balaban J connectivity index is 1.98. The molecule has 6 heteroatoms. The van der Waals surface area contributed by atoms with Crippen molar-refractivity contribution in [1.82, 2.24) is 20.4 Å². The van der Waals surface area contributed by atoms with Crippen LogP contribution in [0.1, 0.15) is 27.7 Å². The van der Waals surface area contributed by atoms with E-state index in [1.807, 2.05) is 18.7 Å². The normalized spacial score (nSPS) is 16.7. The fourth-order valence-corrected chi connectivity index (χ4v) is 2.46. The molecule has 0 radical (unpaired) electrons. The van der Waals surface area contributed by atoms with Gasteiger partial charge in [0.25, 0.3) is 0 Å². The summed E-state index contributed by atoms with van der Waals surface area (Å²) in [5, 5.41) is 6.50. The van der Waals surface area contributed by atoms with Crippen molar-refractivity contribution in [3.05, 3.63) is 0 Å². The molecule has 22 heavy (non-hydrogen) atoms. The van der Waals surface area contributed by atoms with Crippen molar-refractivity contribution in [2.45, 2.75) is 39.8 Å². The van der Waals surface area contributed by atoms with Crippen LogP contribution in [0.15, 0.2) is 0 Å².